The highest BCUT2D eigenvalue weighted by molar-refractivity contribution is 7.86. The first-order chi connectivity index (χ1) is 27.1. The van der Waals surface area contributed by atoms with E-state index in [2.05, 4.69) is 25.6 Å². The Kier molecular flexibility index (Phi) is 12.2. The van der Waals surface area contributed by atoms with Gasteiger partial charge in [0.15, 0.2) is 11.3 Å². The van der Waals surface area contributed by atoms with Gasteiger partial charge in [-0.15, -0.1) is 0 Å². The van der Waals surface area contributed by atoms with Gasteiger partial charge in [0.05, 0.1) is 29.9 Å². The molecule has 0 unspecified atom stereocenters. The third kappa shape index (κ3) is 9.55. The number of fused-ring (bicyclic) bond motifs is 2. The molecule has 3 aromatic rings. The first-order valence-corrected chi connectivity index (χ1v) is 20.8. The summed E-state index contributed by atoms with van der Waals surface area (Å²) in [5.74, 6) is -3.90. The first-order valence-electron chi connectivity index (χ1n) is 16.3. The molecule has 8 N–H and O–H groups in total. The van der Waals surface area contributed by atoms with Gasteiger partial charge < -0.3 is 30.2 Å². The average Bonchev–Trinajstić information content (AvgIpc) is 3.13. The van der Waals surface area contributed by atoms with Gasteiger partial charge in [0.25, 0.3) is 21.9 Å². The van der Waals surface area contributed by atoms with Crippen LogP contribution in [0.3, 0.4) is 0 Å². The molecule has 304 valence electrons. The van der Waals surface area contributed by atoms with Crippen molar-refractivity contribution in [3.63, 3.8) is 0 Å². The molecule has 1 aromatic heterocycles. The number of nitrogen functional groups attached to an aromatic ring is 1. The predicted octanol–water partition coefficient (Wildman–Crippen LogP) is 0.521. The second kappa shape index (κ2) is 16.6. The van der Waals surface area contributed by atoms with Crippen molar-refractivity contribution in [2.75, 3.05) is 36.9 Å². The highest BCUT2D eigenvalue weighted by Gasteiger charge is 2.33. The minimum atomic E-state index is -5.50. The molecule has 1 aliphatic heterocycles. The number of aromatic nitrogens is 1. The predicted molar refractivity (Wildman–Crippen MR) is 202 cm³/mol. The van der Waals surface area contributed by atoms with Crippen molar-refractivity contribution in [1.29, 1.82) is 0 Å². The number of anilines is 2. The maximum absolute atomic E-state index is 14.0. The molecule has 0 saturated carbocycles. The summed E-state index contributed by atoms with van der Waals surface area (Å²) in [6.07, 6.45) is 1.10. The zero-order valence-corrected chi connectivity index (χ0v) is 32.3. The van der Waals surface area contributed by atoms with Crippen molar-refractivity contribution in [2.45, 2.75) is 22.8 Å². The van der Waals surface area contributed by atoms with Crippen molar-refractivity contribution in [3.05, 3.63) is 93.4 Å². The summed E-state index contributed by atoms with van der Waals surface area (Å²) in [5.41, 5.74) is 12.5. The number of nitrogens with one attached hydrogen (secondary N) is 2. The second-order valence-corrected chi connectivity index (χ2v) is 16.6. The largest absolute Gasteiger partial charge is 0.744 e. The Balaban J connectivity index is 1.64. The molecule has 0 fully saturated rings. The van der Waals surface area contributed by atoms with E-state index >= 15 is 0 Å². The van der Waals surface area contributed by atoms with E-state index in [4.69, 9.17) is 21.1 Å². The molecule has 22 nitrogen and oxygen atoms in total. The number of pyridine rings is 1. The molecule has 2 heterocycles. The van der Waals surface area contributed by atoms with Crippen molar-refractivity contribution in [1.82, 2.24) is 15.2 Å². The van der Waals surface area contributed by atoms with Gasteiger partial charge >= 0.3 is 10.1 Å². The summed E-state index contributed by atoms with van der Waals surface area (Å²) in [6, 6.07) is 11.0. The van der Waals surface area contributed by atoms with Crippen LogP contribution in [0, 0.1) is 0 Å². The summed E-state index contributed by atoms with van der Waals surface area (Å²) in [5, 5.41) is 13.6. The molecule has 0 bridgehead atoms. The number of carbonyl (C=O) groups excluding carboxylic acids is 3. The molecule has 3 amide bonds. The Bertz CT molecular complexity index is 2910. The van der Waals surface area contributed by atoms with E-state index < -0.39 is 92.6 Å². The third-order valence-electron chi connectivity index (χ3n) is 8.39. The molecule has 25 heteroatoms. The third-order valence-corrected chi connectivity index (χ3v) is 10.9. The lowest BCUT2D eigenvalue weighted by atomic mass is 9.89. The highest BCUT2D eigenvalue weighted by Crippen LogP contribution is 2.46. The number of benzene rings is 3. The van der Waals surface area contributed by atoms with E-state index in [1.807, 2.05) is 0 Å². The molecular weight excluding hydrogens is 827 g/mol. The number of nitrogens with zero attached hydrogens (tertiary/aromatic N) is 5. The number of nitrogens with two attached hydrogens (primary N) is 2. The van der Waals surface area contributed by atoms with Gasteiger partial charge in [0, 0.05) is 70.9 Å². The fraction of sp³-hybridized carbons (Fsp3) is 0.182. The normalized spacial score (nSPS) is 11.9. The molecule has 0 saturated heterocycles. The fourth-order valence-electron chi connectivity index (χ4n) is 5.76. The van der Waals surface area contributed by atoms with E-state index in [1.54, 1.807) is 0 Å². The summed E-state index contributed by atoms with van der Waals surface area (Å²) in [7, 11) is -14.1. The van der Waals surface area contributed by atoms with Gasteiger partial charge in [-0.05, 0) is 59.6 Å². The number of hydrogen-bond donors (Lipinski definition) is 6. The maximum atomic E-state index is 14.0. The highest BCUT2D eigenvalue weighted by atomic mass is 32.2. The van der Waals surface area contributed by atoms with E-state index in [-0.39, 0.29) is 52.7 Å². The molecule has 0 atom stereocenters. The maximum Gasteiger partial charge on any atom is 0.304 e. The molecular formula is C33H31N9O13S3. The molecule has 2 aromatic carbocycles. The van der Waals surface area contributed by atoms with Crippen LogP contribution in [-0.4, -0.2) is 92.4 Å². The van der Waals surface area contributed by atoms with Crippen LogP contribution in [0.25, 0.3) is 43.9 Å². The zero-order valence-electron chi connectivity index (χ0n) is 29.8. The van der Waals surface area contributed by atoms with Crippen LogP contribution >= 0.6 is 0 Å². The van der Waals surface area contributed by atoms with Crippen LogP contribution < -0.4 is 27.1 Å². The number of hydrogen-bond acceptors (Lipinski definition) is 14. The zero-order chi connectivity index (χ0) is 42.7. The Morgan fingerprint density at radius 1 is 1.02 bits per heavy atom. The van der Waals surface area contributed by atoms with E-state index in [9.17, 15) is 53.3 Å². The molecule has 5 rings (SSSR count). The summed E-state index contributed by atoms with van der Waals surface area (Å²) in [4.78, 5) is 45.6. The summed E-state index contributed by atoms with van der Waals surface area (Å²) >= 11 is 0. The average molecular weight is 858 g/mol. The first kappa shape index (κ1) is 42.7. The molecule has 0 radical (unpaired) electrons. The van der Waals surface area contributed by atoms with Crippen LogP contribution in [0.15, 0.2) is 80.1 Å². The summed E-state index contributed by atoms with van der Waals surface area (Å²) < 4.78 is 111. The van der Waals surface area contributed by atoms with Gasteiger partial charge in [0.1, 0.15) is 15.0 Å². The Morgan fingerprint density at radius 3 is 2.36 bits per heavy atom. The second-order valence-electron chi connectivity index (χ2n) is 12.4. The standard InChI is InChI=1S/C33H31N9O13S3/c1-42(12-13-56(46,47)48)33(45)20-5-2-17(32(44)37-11-10-26(43)40-19-4-3-18(38-15-19)16-39-41-36)14-23(20)27-21-6-8-24(34)30(57(49,50)51)28(21)55-29-22(27)7-9-25(35)31(29)58(52,53)54/h2-9,14-15,34H,10-13,16,35H2,1H3,(H,37,44)(H,40,43)(H,46,47,48)(H,49,50,51)(H,52,53,54). The SMILES string of the molecule is CN(CCS(=O)(=O)O)C(=O)c1ccc(C(=O)NCCC(=O)Nc2ccc(CN=[N+]=[N-])nc2)cc1-c1c2ccc(=[NH2+])c(S(=O)(=O)O)c-2oc2c(S(=O)(=O)[O-])c(N)ccc12. The lowest BCUT2D eigenvalue weighted by molar-refractivity contribution is -0.176. The van der Waals surface area contributed by atoms with Crippen molar-refractivity contribution in [2.24, 2.45) is 5.11 Å². The van der Waals surface area contributed by atoms with Gasteiger partial charge in [-0.2, -0.15) is 16.8 Å². The monoisotopic (exact) mass is 857 g/mol. The molecule has 0 spiro atoms. The van der Waals surface area contributed by atoms with Gasteiger partial charge in [-0.25, -0.2) is 8.42 Å². The van der Waals surface area contributed by atoms with E-state index in [0.29, 0.717) is 11.4 Å². The minimum absolute atomic E-state index is 0.00234. The van der Waals surface area contributed by atoms with Crippen LogP contribution in [-0.2, 0) is 41.7 Å². The summed E-state index contributed by atoms with van der Waals surface area (Å²) in [6.45, 7) is -0.762. The van der Waals surface area contributed by atoms with Crippen molar-refractivity contribution in [3.8, 4) is 22.5 Å². The van der Waals surface area contributed by atoms with Gasteiger partial charge in [-0.3, -0.25) is 33.9 Å². The van der Waals surface area contributed by atoms with Crippen LogP contribution in [0.5, 0.6) is 0 Å². The molecule has 1 aliphatic carbocycles. The molecule has 2 aliphatic rings. The Hall–Kier alpha value is -6.47. The fourth-order valence-corrected chi connectivity index (χ4v) is 7.75. The quantitative estimate of drug-likeness (QED) is 0.0221. The van der Waals surface area contributed by atoms with Crippen LogP contribution in [0.4, 0.5) is 11.4 Å². The van der Waals surface area contributed by atoms with Gasteiger partial charge in [0.2, 0.25) is 16.2 Å². The molecule has 58 heavy (non-hydrogen) atoms. The van der Waals surface area contributed by atoms with Crippen molar-refractivity contribution < 1.29 is 63.1 Å². The Labute approximate surface area is 328 Å². The number of carbonyl (C=O) groups is 3. The van der Waals surface area contributed by atoms with Crippen LogP contribution in [0.2, 0.25) is 0 Å². The van der Waals surface area contributed by atoms with Crippen molar-refractivity contribution >= 4 is 70.4 Å². The van der Waals surface area contributed by atoms with E-state index in [1.165, 1.54) is 43.6 Å². The van der Waals surface area contributed by atoms with Gasteiger partial charge in [-0.1, -0.05) is 5.11 Å². The van der Waals surface area contributed by atoms with E-state index in [0.717, 1.165) is 29.2 Å². The number of rotatable bonds is 14. The number of azide groups is 1. The topological polar surface area (TPSA) is 371 Å². The minimum Gasteiger partial charge on any atom is -0.744 e. The van der Waals surface area contributed by atoms with Crippen LogP contribution in [0.1, 0.15) is 32.8 Å². The Morgan fingerprint density at radius 2 is 1.74 bits per heavy atom. The number of amides is 3. The lowest BCUT2D eigenvalue weighted by Crippen LogP contribution is -2.47. The lowest BCUT2D eigenvalue weighted by Gasteiger charge is -2.23. The smallest absolute Gasteiger partial charge is 0.304 e.